The van der Waals surface area contributed by atoms with E-state index in [9.17, 15) is 4.79 Å². The van der Waals surface area contributed by atoms with Crippen LogP contribution in [0.25, 0.3) is 0 Å². The van der Waals surface area contributed by atoms with Gasteiger partial charge in [-0.15, -0.1) is 0 Å². The van der Waals surface area contributed by atoms with Gasteiger partial charge in [0.05, 0.1) is 0 Å². The third-order valence-corrected chi connectivity index (χ3v) is 4.91. The molecule has 1 nitrogen and oxygen atoms in total. The van der Waals surface area contributed by atoms with Gasteiger partial charge in [-0.3, -0.25) is 4.79 Å². The average Bonchev–Trinajstić information content (AvgIpc) is 2.59. The van der Waals surface area contributed by atoms with Crippen LogP contribution in [0.15, 0.2) is 82.6 Å². The van der Waals surface area contributed by atoms with Gasteiger partial charge in [-0.1, -0.05) is 59.8 Å². The molecule has 23 heavy (non-hydrogen) atoms. The molecule has 0 amide bonds. The van der Waals surface area contributed by atoms with E-state index in [2.05, 4.69) is 38.1 Å². The molecule has 3 aromatic carbocycles. The summed E-state index contributed by atoms with van der Waals surface area (Å²) in [5.74, 6) is 0.0700. The molecule has 0 fully saturated rings. The molecule has 0 spiro atoms. The monoisotopic (exact) mass is 318 g/mol. The number of benzene rings is 3. The van der Waals surface area contributed by atoms with E-state index < -0.39 is 0 Å². The quantitative estimate of drug-likeness (QED) is 0.575. The van der Waals surface area contributed by atoms with Crippen LogP contribution in [0.3, 0.4) is 0 Å². The van der Waals surface area contributed by atoms with Crippen molar-refractivity contribution in [2.75, 3.05) is 0 Å². The topological polar surface area (TPSA) is 17.1 Å². The molecule has 0 aromatic heterocycles. The molecule has 0 unspecified atom stereocenters. The molecule has 0 saturated heterocycles. The fourth-order valence-corrected chi connectivity index (χ4v) is 3.28. The number of hydrogen-bond acceptors (Lipinski definition) is 2. The third kappa shape index (κ3) is 3.72. The lowest BCUT2D eigenvalue weighted by atomic mass is 10.0. The zero-order valence-corrected chi connectivity index (χ0v) is 14.1. The third-order valence-electron chi connectivity index (χ3n) is 3.72. The zero-order valence-electron chi connectivity index (χ0n) is 13.2. The molecule has 0 atom stereocenters. The van der Waals surface area contributed by atoms with E-state index in [1.54, 1.807) is 11.8 Å². The van der Waals surface area contributed by atoms with Crippen molar-refractivity contribution in [1.29, 1.82) is 0 Å². The summed E-state index contributed by atoms with van der Waals surface area (Å²) in [6.07, 6.45) is 0. The van der Waals surface area contributed by atoms with Crippen LogP contribution in [0, 0.1) is 13.8 Å². The molecule has 0 heterocycles. The summed E-state index contributed by atoms with van der Waals surface area (Å²) < 4.78 is 0. The number of rotatable bonds is 4. The molecular weight excluding hydrogens is 300 g/mol. The van der Waals surface area contributed by atoms with E-state index in [1.165, 1.54) is 15.4 Å². The summed E-state index contributed by atoms with van der Waals surface area (Å²) >= 11 is 1.73. The van der Waals surface area contributed by atoms with Gasteiger partial charge in [-0.05, 0) is 49.7 Å². The van der Waals surface area contributed by atoms with Crippen molar-refractivity contribution >= 4 is 17.5 Å². The highest BCUT2D eigenvalue weighted by Gasteiger charge is 2.10. The summed E-state index contributed by atoms with van der Waals surface area (Å²) in [6.45, 7) is 4.14. The summed E-state index contributed by atoms with van der Waals surface area (Å²) in [4.78, 5) is 14.9. The minimum Gasteiger partial charge on any atom is -0.289 e. The van der Waals surface area contributed by atoms with Crippen LogP contribution in [0.1, 0.15) is 27.0 Å². The molecule has 0 saturated carbocycles. The van der Waals surface area contributed by atoms with E-state index in [1.807, 2.05) is 48.5 Å². The first kappa shape index (κ1) is 15.6. The van der Waals surface area contributed by atoms with Gasteiger partial charge >= 0.3 is 0 Å². The molecule has 0 N–H and O–H groups in total. The number of ketones is 1. The fraction of sp³-hybridized carbons (Fsp3) is 0.0952. The Bertz CT molecular complexity index is 820. The number of hydrogen-bond donors (Lipinski definition) is 0. The Labute approximate surface area is 141 Å². The maximum absolute atomic E-state index is 12.5. The summed E-state index contributed by atoms with van der Waals surface area (Å²) in [7, 11) is 0. The van der Waals surface area contributed by atoms with Gasteiger partial charge < -0.3 is 0 Å². The second kappa shape index (κ2) is 6.84. The van der Waals surface area contributed by atoms with Gasteiger partial charge in [0.25, 0.3) is 0 Å². The van der Waals surface area contributed by atoms with Gasteiger partial charge in [-0.25, -0.2) is 0 Å². The molecule has 2 heteroatoms. The predicted octanol–water partition coefficient (Wildman–Crippen LogP) is 5.69. The number of aryl methyl sites for hydroxylation is 2. The lowest BCUT2D eigenvalue weighted by Crippen LogP contribution is -2.01. The molecular formula is C21H18OS. The van der Waals surface area contributed by atoms with Gasteiger partial charge in [0, 0.05) is 20.9 Å². The first-order valence-corrected chi connectivity index (χ1v) is 8.40. The molecule has 0 radical (unpaired) electrons. The summed E-state index contributed by atoms with van der Waals surface area (Å²) in [5, 5.41) is 0. The minimum atomic E-state index is 0.0700. The zero-order chi connectivity index (χ0) is 16.2. The highest BCUT2D eigenvalue weighted by molar-refractivity contribution is 7.99. The van der Waals surface area contributed by atoms with Crippen LogP contribution in [0.2, 0.25) is 0 Å². The number of carbonyl (C=O) groups is 1. The maximum atomic E-state index is 12.5. The lowest BCUT2D eigenvalue weighted by Gasteiger charge is -2.08. The first-order valence-electron chi connectivity index (χ1n) is 7.58. The smallest absolute Gasteiger partial charge is 0.193 e. The van der Waals surface area contributed by atoms with Crippen LogP contribution >= 0.6 is 11.8 Å². The van der Waals surface area contributed by atoms with E-state index in [-0.39, 0.29) is 5.78 Å². The van der Waals surface area contributed by atoms with Crippen molar-refractivity contribution in [3.8, 4) is 0 Å². The molecule has 114 valence electrons. The number of carbonyl (C=O) groups excluding carboxylic acids is 1. The van der Waals surface area contributed by atoms with Crippen LogP contribution in [0.5, 0.6) is 0 Å². The summed E-state index contributed by atoms with van der Waals surface area (Å²) in [6, 6.07) is 23.8. The highest BCUT2D eigenvalue weighted by Crippen LogP contribution is 2.31. The molecule has 0 aliphatic heterocycles. The molecule has 3 rings (SSSR count). The second-order valence-electron chi connectivity index (χ2n) is 5.59. The Hall–Kier alpha value is -2.32. The largest absolute Gasteiger partial charge is 0.289 e. The Morgan fingerprint density at radius 2 is 1.48 bits per heavy atom. The van der Waals surface area contributed by atoms with Crippen molar-refractivity contribution in [3.05, 3.63) is 95.1 Å². The molecule has 3 aromatic rings. The van der Waals surface area contributed by atoms with Gasteiger partial charge in [0.15, 0.2) is 5.78 Å². The van der Waals surface area contributed by atoms with Crippen LogP contribution in [0.4, 0.5) is 0 Å². The van der Waals surface area contributed by atoms with Crippen molar-refractivity contribution in [1.82, 2.24) is 0 Å². The second-order valence-corrected chi connectivity index (χ2v) is 6.71. The van der Waals surface area contributed by atoms with Crippen molar-refractivity contribution in [2.24, 2.45) is 0 Å². The van der Waals surface area contributed by atoms with E-state index in [0.717, 1.165) is 16.7 Å². The van der Waals surface area contributed by atoms with E-state index in [0.29, 0.717) is 0 Å². The Balaban J connectivity index is 1.83. The van der Waals surface area contributed by atoms with Gasteiger partial charge in [0.2, 0.25) is 0 Å². The van der Waals surface area contributed by atoms with Crippen LogP contribution < -0.4 is 0 Å². The molecule has 0 aliphatic rings. The van der Waals surface area contributed by atoms with Crippen molar-refractivity contribution in [2.45, 2.75) is 23.6 Å². The van der Waals surface area contributed by atoms with Crippen molar-refractivity contribution < 1.29 is 4.79 Å². The van der Waals surface area contributed by atoms with Gasteiger partial charge in [0.1, 0.15) is 0 Å². The van der Waals surface area contributed by atoms with E-state index >= 15 is 0 Å². The Kier molecular flexibility index (Phi) is 4.63. The van der Waals surface area contributed by atoms with Crippen molar-refractivity contribution in [3.63, 3.8) is 0 Å². The SMILES string of the molecule is Cc1ccc(Sc2ccc(C(=O)c3ccccc3)cc2C)cc1. The Morgan fingerprint density at radius 1 is 0.783 bits per heavy atom. The van der Waals surface area contributed by atoms with Crippen LogP contribution in [-0.4, -0.2) is 5.78 Å². The van der Waals surface area contributed by atoms with Crippen LogP contribution in [-0.2, 0) is 0 Å². The summed E-state index contributed by atoms with van der Waals surface area (Å²) in [5.41, 5.74) is 3.85. The molecule has 0 aliphatic carbocycles. The average molecular weight is 318 g/mol. The molecule has 0 bridgehead atoms. The minimum absolute atomic E-state index is 0.0700. The lowest BCUT2D eigenvalue weighted by molar-refractivity contribution is 0.103. The Morgan fingerprint density at radius 3 is 2.13 bits per heavy atom. The normalized spacial score (nSPS) is 10.5. The maximum Gasteiger partial charge on any atom is 0.193 e. The predicted molar refractivity (Wildman–Crippen MR) is 96.4 cm³/mol. The van der Waals surface area contributed by atoms with E-state index in [4.69, 9.17) is 0 Å². The standard InChI is InChI=1S/C21H18OS/c1-15-8-11-19(12-9-15)23-20-13-10-18(14-16(20)2)21(22)17-6-4-3-5-7-17/h3-14H,1-2H3. The highest BCUT2D eigenvalue weighted by atomic mass is 32.2. The fourth-order valence-electron chi connectivity index (χ4n) is 2.39. The first-order chi connectivity index (χ1) is 11.1. The van der Waals surface area contributed by atoms with Gasteiger partial charge in [-0.2, -0.15) is 0 Å².